The summed E-state index contributed by atoms with van der Waals surface area (Å²) in [5, 5.41) is 3.20. The van der Waals surface area contributed by atoms with Crippen LogP contribution in [-0.4, -0.2) is 21.3 Å². The normalized spacial score (nSPS) is 11.4. The van der Waals surface area contributed by atoms with Gasteiger partial charge in [-0.1, -0.05) is 6.07 Å². The van der Waals surface area contributed by atoms with Gasteiger partial charge in [-0.3, -0.25) is 0 Å². The smallest absolute Gasteiger partial charge is 0.130 e. The van der Waals surface area contributed by atoms with Crippen molar-refractivity contribution >= 4 is 12.4 Å². The second-order valence-electron chi connectivity index (χ2n) is 5.28. The molecular weight excluding hydrogens is 352 g/mol. The molecule has 2 aromatic rings. The molecule has 0 saturated carbocycles. The molecule has 0 amide bonds. The van der Waals surface area contributed by atoms with E-state index in [0.717, 1.165) is 11.6 Å². The van der Waals surface area contributed by atoms with E-state index in [1.807, 2.05) is 0 Å². The fraction of sp³-hybridized carbons (Fsp3) is 0.333. The Bertz CT molecular complexity index is 688. The molecule has 2 aromatic carbocycles. The maximum Gasteiger partial charge on any atom is 0.130 e. The van der Waals surface area contributed by atoms with E-state index < -0.39 is 11.6 Å². The average molecular weight is 374 g/mol. The van der Waals surface area contributed by atoms with E-state index in [1.165, 1.54) is 12.1 Å². The van der Waals surface area contributed by atoms with Crippen LogP contribution in [0.15, 0.2) is 30.3 Å². The zero-order valence-corrected chi connectivity index (χ0v) is 15.4. The van der Waals surface area contributed by atoms with Crippen molar-refractivity contribution in [3.8, 4) is 17.2 Å². The Hall–Kier alpha value is -2.05. The maximum absolute atomic E-state index is 13.9. The Morgan fingerprint density at radius 3 is 2.04 bits per heavy atom. The molecule has 0 aliphatic carbocycles. The molecule has 0 spiro atoms. The number of methoxy groups -OCH3 is 3. The van der Waals surface area contributed by atoms with Crippen LogP contribution in [0.5, 0.6) is 17.2 Å². The molecule has 1 atom stereocenters. The second kappa shape index (κ2) is 9.44. The van der Waals surface area contributed by atoms with Crippen molar-refractivity contribution in [2.75, 3.05) is 21.3 Å². The largest absolute Gasteiger partial charge is 0.496 e. The SMILES string of the molecule is COc1cc(OC)c(CNC(C)c2ccc(F)cc2F)c(OC)c1.Cl. The first kappa shape index (κ1) is 21.0. The van der Waals surface area contributed by atoms with Crippen LogP contribution < -0.4 is 19.5 Å². The van der Waals surface area contributed by atoms with Crippen molar-refractivity contribution in [2.45, 2.75) is 19.5 Å². The minimum Gasteiger partial charge on any atom is -0.496 e. The second-order valence-corrected chi connectivity index (χ2v) is 5.28. The van der Waals surface area contributed by atoms with Crippen LogP contribution in [0.3, 0.4) is 0 Å². The van der Waals surface area contributed by atoms with Gasteiger partial charge in [0, 0.05) is 36.3 Å². The molecule has 0 aliphatic rings. The molecule has 138 valence electrons. The highest BCUT2D eigenvalue weighted by Gasteiger charge is 2.16. The molecule has 0 heterocycles. The first-order valence-electron chi connectivity index (χ1n) is 7.47. The van der Waals surface area contributed by atoms with E-state index >= 15 is 0 Å². The molecule has 0 bridgehead atoms. The summed E-state index contributed by atoms with van der Waals surface area (Å²) in [7, 11) is 4.67. The minimum absolute atomic E-state index is 0. The van der Waals surface area contributed by atoms with Gasteiger partial charge < -0.3 is 19.5 Å². The van der Waals surface area contributed by atoms with Crippen molar-refractivity contribution in [1.29, 1.82) is 0 Å². The first-order valence-corrected chi connectivity index (χ1v) is 7.47. The third-order valence-electron chi connectivity index (χ3n) is 3.83. The van der Waals surface area contributed by atoms with Crippen LogP contribution in [-0.2, 0) is 6.54 Å². The quantitative estimate of drug-likeness (QED) is 0.787. The zero-order chi connectivity index (χ0) is 17.7. The van der Waals surface area contributed by atoms with Gasteiger partial charge in [-0.25, -0.2) is 8.78 Å². The van der Waals surface area contributed by atoms with Crippen LogP contribution in [0, 0.1) is 11.6 Å². The Labute approximate surface area is 152 Å². The monoisotopic (exact) mass is 373 g/mol. The van der Waals surface area contributed by atoms with Crippen molar-refractivity contribution in [3.63, 3.8) is 0 Å². The zero-order valence-electron chi connectivity index (χ0n) is 14.6. The number of nitrogens with one attached hydrogen (secondary N) is 1. The van der Waals surface area contributed by atoms with Gasteiger partial charge >= 0.3 is 0 Å². The van der Waals surface area contributed by atoms with E-state index in [2.05, 4.69) is 5.32 Å². The molecule has 4 nitrogen and oxygen atoms in total. The van der Waals surface area contributed by atoms with E-state index in [4.69, 9.17) is 14.2 Å². The van der Waals surface area contributed by atoms with E-state index in [-0.39, 0.29) is 18.4 Å². The molecule has 0 radical (unpaired) electrons. The average Bonchev–Trinajstić information content (AvgIpc) is 2.58. The first-order chi connectivity index (χ1) is 11.5. The summed E-state index contributed by atoms with van der Waals surface area (Å²) in [4.78, 5) is 0. The predicted molar refractivity (Wildman–Crippen MR) is 95.0 cm³/mol. The standard InChI is InChI=1S/C18H21F2NO3.ClH/c1-11(14-6-5-12(19)7-16(14)20)21-10-15-17(23-3)8-13(22-2)9-18(15)24-4;/h5-9,11,21H,10H2,1-4H3;1H. The predicted octanol–water partition coefficient (Wildman–Crippen LogP) is 4.26. The fourth-order valence-electron chi connectivity index (χ4n) is 2.47. The Kier molecular flexibility index (Phi) is 7.93. The minimum atomic E-state index is -0.595. The van der Waals surface area contributed by atoms with Gasteiger partial charge in [-0.15, -0.1) is 12.4 Å². The van der Waals surface area contributed by atoms with Gasteiger partial charge in [0.05, 0.1) is 26.9 Å². The molecule has 0 aliphatic heterocycles. The molecule has 25 heavy (non-hydrogen) atoms. The Morgan fingerprint density at radius 2 is 1.56 bits per heavy atom. The van der Waals surface area contributed by atoms with E-state index in [9.17, 15) is 8.78 Å². The lowest BCUT2D eigenvalue weighted by atomic mass is 10.1. The van der Waals surface area contributed by atoms with Gasteiger partial charge in [-0.05, 0) is 13.0 Å². The molecule has 0 fully saturated rings. The van der Waals surface area contributed by atoms with Gasteiger partial charge in [0.1, 0.15) is 28.9 Å². The van der Waals surface area contributed by atoms with E-state index in [1.54, 1.807) is 40.4 Å². The van der Waals surface area contributed by atoms with Gasteiger partial charge in [0.2, 0.25) is 0 Å². The molecular formula is C18H22ClF2NO3. The number of hydrogen-bond donors (Lipinski definition) is 1. The summed E-state index contributed by atoms with van der Waals surface area (Å²) >= 11 is 0. The third-order valence-corrected chi connectivity index (χ3v) is 3.83. The van der Waals surface area contributed by atoms with Crippen LogP contribution in [0.2, 0.25) is 0 Å². The number of ether oxygens (including phenoxy) is 3. The van der Waals surface area contributed by atoms with Crippen molar-refractivity contribution in [2.24, 2.45) is 0 Å². The molecule has 0 saturated heterocycles. The molecule has 2 rings (SSSR count). The highest BCUT2D eigenvalue weighted by atomic mass is 35.5. The van der Waals surface area contributed by atoms with Crippen LogP contribution >= 0.6 is 12.4 Å². The van der Waals surface area contributed by atoms with Gasteiger partial charge in [0.15, 0.2) is 0 Å². The van der Waals surface area contributed by atoms with Crippen LogP contribution in [0.25, 0.3) is 0 Å². The summed E-state index contributed by atoms with van der Waals surface area (Å²) in [6.45, 7) is 2.19. The maximum atomic E-state index is 13.9. The fourth-order valence-corrected chi connectivity index (χ4v) is 2.47. The number of rotatable bonds is 7. The van der Waals surface area contributed by atoms with Gasteiger partial charge in [-0.2, -0.15) is 0 Å². The lowest BCUT2D eigenvalue weighted by Gasteiger charge is -2.19. The van der Waals surface area contributed by atoms with E-state index in [0.29, 0.717) is 29.4 Å². The number of hydrogen-bond acceptors (Lipinski definition) is 4. The number of benzene rings is 2. The van der Waals surface area contributed by atoms with Crippen molar-refractivity contribution in [3.05, 3.63) is 53.1 Å². The molecule has 7 heteroatoms. The Morgan fingerprint density at radius 1 is 0.960 bits per heavy atom. The van der Waals surface area contributed by atoms with Crippen LogP contribution in [0.1, 0.15) is 24.1 Å². The van der Waals surface area contributed by atoms with Gasteiger partial charge in [0.25, 0.3) is 0 Å². The molecule has 1 unspecified atom stereocenters. The molecule has 0 aromatic heterocycles. The number of halogens is 3. The lowest BCUT2D eigenvalue weighted by Crippen LogP contribution is -2.20. The van der Waals surface area contributed by atoms with Crippen molar-refractivity contribution < 1.29 is 23.0 Å². The summed E-state index contributed by atoms with van der Waals surface area (Å²) < 4.78 is 42.9. The Balaban J connectivity index is 0.00000312. The summed E-state index contributed by atoms with van der Waals surface area (Å²) in [5.74, 6) is 0.645. The molecule has 1 N–H and O–H groups in total. The topological polar surface area (TPSA) is 39.7 Å². The highest BCUT2D eigenvalue weighted by Crippen LogP contribution is 2.34. The summed E-state index contributed by atoms with van der Waals surface area (Å²) in [6, 6.07) is 6.74. The lowest BCUT2D eigenvalue weighted by molar-refractivity contribution is 0.365. The highest BCUT2D eigenvalue weighted by molar-refractivity contribution is 5.85. The van der Waals surface area contributed by atoms with Crippen LogP contribution in [0.4, 0.5) is 8.78 Å². The summed E-state index contributed by atoms with van der Waals surface area (Å²) in [6.07, 6.45) is 0. The van der Waals surface area contributed by atoms with Crippen molar-refractivity contribution in [1.82, 2.24) is 5.32 Å². The summed E-state index contributed by atoms with van der Waals surface area (Å²) in [5.41, 5.74) is 1.18. The third kappa shape index (κ3) is 4.96.